The highest BCUT2D eigenvalue weighted by atomic mass is 16.6. The average Bonchev–Trinajstić information content (AvgIpc) is 2.75. The fraction of sp³-hybridized carbons (Fsp3) is 0.583. The number of hydrogen-bond acceptors (Lipinski definition) is 4. The largest absolute Gasteiger partial charge is 0.486 e. The number of likely N-dealkylation sites (tertiary alicyclic amines) is 1. The van der Waals surface area contributed by atoms with Gasteiger partial charge in [0.05, 0.1) is 6.20 Å². The standard InChI is InChI=1S/C12H16N2O2/c1-14-6-2-3-9(14)12-8-15-10-4-5-13-7-11(10)16-12/h4-5,7,9,12H,2-3,6,8H2,1H3/t9-,12+/m0/s1. The van der Waals surface area contributed by atoms with Gasteiger partial charge in [0.1, 0.15) is 12.7 Å². The summed E-state index contributed by atoms with van der Waals surface area (Å²) in [5, 5.41) is 0. The highest BCUT2D eigenvalue weighted by molar-refractivity contribution is 5.38. The molecule has 0 N–H and O–H groups in total. The van der Waals surface area contributed by atoms with Gasteiger partial charge in [0.25, 0.3) is 0 Å². The second-order valence-corrected chi connectivity index (χ2v) is 4.48. The lowest BCUT2D eigenvalue weighted by Gasteiger charge is -2.33. The van der Waals surface area contributed by atoms with Crippen LogP contribution in [0, 0.1) is 0 Å². The summed E-state index contributed by atoms with van der Waals surface area (Å²) in [6, 6.07) is 2.33. The Labute approximate surface area is 95.2 Å². The topological polar surface area (TPSA) is 34.6 Å². The Kier molecular flexibility index (Phi) is 2.44. The first-order chi connectivity index (χ1) is 7.84. The predicted octanol–water partition coefficient (Wildman–Crippen LogP) is 1.32. The van der Waals surface area contributed by atoms with Gasteiger partial charge in [-0.1, -0.05) is 0 Å². The van der Waals surface area contributed by atoms with Crippen molar-refractivity contribution < 1.29 is 9.47 Å². The first kappa shape index (κ1) is 9.90. The zero-order chi connectivity index (χ0) is 11.0. The molecule has 0 unspecified atom stereocenters. The highest BCUT2D eigenvalue weighted by Crippen LogP contribution is 2.33. The number of ether oxygens (including phenoxy) is 2. The van der Waals surface area contributed by atoms with Crippen molar-refractivity contribution in [2.45, 2.75) is 25.0 Å². The van der Waals surface area contributed by atoms with Crippen LogP contribution in [0.15, 0.2) is 18.5 Å². The van der Waals surface area contributed by atoms with Crippen LogP contribution < -0.4 is 9.47 Å². The zero-order valence-electron chi connectivity index (χ0n) is 9.43. The molecule has 0 aromatic carbocycles. The number of rotatable bonds is 1. The Balaban J connectivity index is 1.77. The number of aromatic nitrogens is 1. The van der Waals surface area contributed by atoms with E-state index in [1.807, 2.05) is 6.07 Å². The monoisotopic (exact) mass is 220 g/mol. The van der Waals surface area contributed by atoms with Gasteiger partial charge in [0.15, 0.2) is 11.5 Å². The van der Waals surface area contributed by atoms with Crippen LogP contribution in [-0.4, -0.2) is 42.2 Å². The van der Waals surface area contributed by atoms with E-state index in [9.17, 15) is 0 Å². The van der Waals surface area contributed by atoms with Gasteiger partial charge in [-0.3, -0.25) is 9.88 Å². The van der Waals surface area contributed by atoms with Crippen molar-refractivity contribution in [3.8, 4) is 11.5 Å². The fourth-order valence-corrected chi connectivity index (χ4v) is 2.54. The van der Waals surface area contributed by atoms with E-state index in [-0.39, 0.29) is 6.10 Å². The molecule has 4 heteroatoms. The van der Waals surface area contributed by atoms with E-state index in [1.54, 1.807) is 12.4 Å². The average molecular weight is 220 g/mol. The molecule has 0 saturated carbocycles. The minimum absolute atomic E-state index is 0.143. The van der Waals surface area contributed by atoms with Gasteiger partial charge in [-0.05, 0) is 26.4 Å². The third-order valence-electron chi connectivity index (χ3n) is 3.43. The molecule has 3 heterocycles. The van der Waals surface area contributed by atoms with E-state index < -0.39 is 0 Å². The zero-order valence-corrected chi connectivity index (χ0v) is 9.43. The Morgan fingerprint density at radius 1 is 1.44 bits per heavy atom. The van der Waals surface area contributed by atoms with E-state index in [0.29, 0.717) is 12.6 Å². The van der Waals surface area contributed by atoms with Crippen molar-refractivity contribution >= 4 is 0 Å². The molecule has 16 heavy (non-hydrogen) atoms. The number of nitrogens with zero attached hydrogens (tertiary/aromatic N) is 2. The van der Waals surface area contributed by atoms with Crippen molar-refractivity contribution in [3.05, 3.63) is 18.5 Å². The Morgan fingerprint density at radius 3 is 3.19 bits per heavy atom. The molecule has 0 radical (unpaired) electrons. The van der Waals surface area contributed by atoms with Gasteiger partial charge in [-0.25, -0.2) is 0 Å². The molecule has 0 aliphatic carbocycles. The van der Waals surface area contributed by atoms with Gasteiger partial charge >= 0.3 is 0 Å². The van der Waals surface area contributed by atoms with E-state index >= 15 is 0 Å². The molecule has 2 aliphatic rings. The van der Waals surface area contributed by atoms with Gasteiger partial charge in [-0.2, -0.15) is 0 Å². The van der Waals surface area contributed by atoms with Crippen LogP contribution in [0.3, 0.4) is 0 Å². The lowest BCUT2D eigenvalue weighted by molar-refractivity contribution is 0.0364. The maximum atomic E-state index is 5.96. The Bertz CT molecular complexity index is 383. The maximum absolute atomic E-state index is 5.96. The van der Waals surface area contributed by atoms with Gasteiger partial charge in [0.2, 0.25) is 0 Å². The molecule has 1 fully saturated rings. The number of hydrogen-bond donors (Lipinski definition) is 0. The van der Waals surface area contributed by atoms with Crippen molar-refractivity contribution in [1.29, 1.82) is 0 Å². The van der Waals surface area contributed by atoms with Crippen LogP contribution in [0.1, 0.15) is 12.8 Å². The second-order valence-electron chi connectivity index (χ2n) is 4.48. The van der Waals surface area contributed by atoms with E-state index in [2.05, 4.69) is 16.9 Å². The van der Waals surface area contributed by atoms with Crippen LogP contribution in [0.5, 0.6) is 11.5 Å². The van der Waals surface area contributed by atoms with Gasteiger partial charge < -0.3 is 9.47 Å². The smallest absolute Gasteiger partial charge is 0.180 e. The molecule has 1 saturated heterocycles. The maximum Gasteiger partial charge on any atom is 0.180 e. The lowest BCUT2D eigenvalue weighted by Crippen LogP contribution is -2.45. The SMILES string of the molecule is CN1CCC[C@H]1[C@H]1COc2ccncc2O1. The number of fused-ring (bicyclic) bond motifs is 1. The molecular weight excluding hydrogens is 204 g/mol. The molecule has 4 nitrogen and oxygen atoms in total. The van der Waals surface area contributed by atoms with Gasteiger partial charge in [-0.15, -0.1) is 0 Å². The predicted molar refractivity (Wildman–Crippen MR) is 59.8 cm³/mol. The summed E-state index contributed by atoms with van der Waals surface area (Å²) in [6.07, 6.45) is 6.05. The Hall–Kier alpha value is -1.29. The lowest BCUT2D eigenvalue weighted by atomic mass is 10.1. The summed E-state index contributed by atoms with van der Waals surface area (Å²) in [4.78, 5) is 6.42. The minimum atomic E-state index is 0.143. The third-order valence-corrected chi connectivity index (χ3v) is 3.43. The van der Waals surface area contributed by atoms with Crippen LogP contribution >= 0.6 is 0 Å². The molecular formula is C12H16N2O2. The summed E-state index contributed by atoms with van der Waals surface area (Å²) >= 11 is 0. The number of likely N-dealkylation sites (N-methyl/N-ethyl adjacent to an activating group) is 1. The Morgan fingerprint density at radius 2 is 2.38 bits per heavy atom. The summed E-state index contributed by atoms with van der Waals surface area (Å²) in [7, 11) is 2.15. The molecule has 1 aromatic rings. The highest BCUT2D eigenvalue weighted by Gasteiger charge is 2.34. The van der Waals surface area contributed by atoms with E-state index in [1.165, 1.54) is 12.8 Å². The minimum Gasteiger partial charge on any atom is -0.486 e. The molecule has 3 rings (SSSR count). The number of pyridine rings is 1. The molecule has 0 bridgehead atoms. The van der Waals surface area contributed by atoms with Crippen LogP contribution in [0.4, 0.5) is 0 Å². The van der Waals surface area contributed by atoms with Crippen molar-refractivity contribution in [2.24, 2.45) is 0 Å². The molecule has 86 valence electrons. The van der Waals surface area contributed by atoms with Crippen LogP contribution in [0.25, 0.3) is 0 Å². The summed E-state index contributed by atoms with van der Waals surface area (Å²) < 4.78 is 11.7. The summed E-state index contributed by atoms with van der Waals surface area (Å²) in [6.45, 7) is 1.80. The fourth-order valence-electron chi connectivity index (χ4n) is 2.54. The third kappa shape index (κ3) is 1.63. The van der Waals surface area contributed by atoms with Crippen molar-refractivity contribution in [2.75, 3.05) is 20.2 Å². The summed E-state index contributed by atoms with van der Waals surface area (Å²) in [5.41, 5.74) is 0. The molecule has 1 aromatic heterocycles. The second kappa shape index (κ2) is 3.94. The van der Waals surface area contributed by atoms with Gasteiger partial charge in [0, 0.05) is 18.3 Å². The first-order valence-corrected chi connectivity index (χ1v) is 5.78. The molecule has 2 aliphatic heterocycles. The normalized spacial score (nSPS) is 29.3. The van der Waals surface area contributed by atoms with Crippen molar-refractivity contribution in [1.82, 2.24) is 9.88 Å². The molecule has 2 atom stereocenters. The van der Waals surface area contributed by atoms with E-state index in [4.69, 9.17) is 9.47 Å². The van der Waals surface area contributed by atoms with E-state index in [0.717, 1.165) is 18.0 Å². The molecule has 0 spiro atoms. The van der Waals surface area contributed by atoms with Crippen LogP contribution in [0.2, 0.25) is 0 Å². The van der Waals surface area contributed by atoms with Crippen molar-refractivity contribution in [3.63, 3.8) is 0 Å². The molecule has 0 amide bonds. The summed E-state index contributed by atoms with van der Waals surface area (Å²) in [5.74, 6) is 1.59. The quantitative estimate of drug-likeness (QED) is 0.715. The first-order valence-electron chi connectivity index (χ1n) is 5.78. The van der Waals surface area contributed by atoms with Crippen LogP contribution in [-0.2, 0) is 0 Å².